The Kier molecular flexibility index (Phi) is 17.7. The number of aromatic amines is 1. The van der Waals surface area contributed by atoms with Crippen LogP contribution in [0.2, 0.25) is 0 Å². The summed E-state index contributed by atoms with van der Waals surface area (Å²) in [4.78, 5) is 63.4. The Morgan fingerprint density at radius 1 is 0.905 bits per heavy atom. The van der Waals surface area contributed by atoms with Crippen molar-refractivity contribution in [3.05, 3.63) is 83.4 Å². The Hall–Kier alpha value is -6.37. The minimum absolute atomic E-state index is 0.0914. The molecule has 16 nitrogen and oxygen atoms in total. The largest absolute Gasteiger partial charge is 0.490 e. The van der Waals surface area contributed by atoms with Crippen LogP contribution < -0.4 is 21.3 Å². The van der Waals surface area contributed by atoms with Gasteiger partial charge in [-0.1, -0.05) is 30.3 Å². The van der Waals surface area contributed by atoms with Crippen LogP contribution in [0.1, 0.15) is 74.4 Å². The smallest absolute Gasteiger partial charge is 0.475 e. The number of aliphatic carboxylic acids is 1. The van der Waals surface area contributed by atoms with Gasteiger partial charge in [0, 0.05) is 42.2 Å². The van der Waals surface area contributed by atoms with Crippen LogP contribution in [-0.2, 0) is 25.5 Å². The van der Waals surface area contributed by atoms with E-state index in [1.807, 2.05) is 84.3 Å². The van der Waals surface area contributed by atoms with Gasteiger partial charge in [-0.2, -0.15) is 18.4 Å². The van der Waals surface area contributed by atoms with Gasteiger partial charge < -0.3 is 36.0 Å². The number of aryl methyl sites for hydroxylation is 1. The first kappa shape index (κ1) is 49.3. The maximum Gasteiger partial charge on any atom is 0.490 e. The van der Waals surface area contributed by atoms with Crippen LogP contribution in [0, 0.1) is 18.8 Å². The molecule has 19 heteroatoms. The molecule has 6 N–H and O–H groups in total. The van der Waals surface area contributed by atoms with E-state index in [1.165, 1.54) is 0 Å². The number of nitrogens with one attached hydrogen (secondary N) is 5. The Labute approximate surface area is 364 Å². The number of benzene rings is 3. The van der Waals surface area contributed by atoms with Gasteiger partial charge in [-0.15, -0.1) is 10.2 Å². The van der Waals surface area contributed by atoms with E-state index < -0.39 is 29.9 Å². The van der Waals surface area contributed by atoms with Crippen molar-refractivity contribution in [2.24, 2.45) is 11.8 Å². The van der Waals surface area contributed by atoms with Crippen molar-refractivity contribution in [2.45, 2.75) is 84.0 Å². The normalized spacial score (nSPS) is 15.6. The fraction of sp³-hybridized carbons (Fsp3) is 0.455. The van der Waals surface area contributed by atoms with Gasteiger partial charge in [0.25, 0.3) is 5.91 Å². The van der Waals surface area contributed by atoms with Crippen molar-refractivity contribution in [3.8, 4) is 22.5 Å². The summed E-state index contributed by atoms with van der Waals surface area (Å²) in [6, 6.07) is 19.9. The van der Waals surface area contributed by atoms with Gasteiger partial charge in [0.2, 0.25) is 17.6 Å². The molecule has 0 radical (unpaired) electrons. The van der Waals surface area contributed by atoms with Crippen LogP contribution in [0.3, 0.4) is 0 Å². The zero-order valence-electron chi connectivity index (χ0n) is 36.3. The molecular formula is C44H56F3N9O7. The third kappa shape index (κ3) is 16.4. The van der Waals surface area contributed by atoms with Crippen LogP contribution in [0.25, 0.3) is 22.5 Å². The topological polar surface area (TPSA) is 221 Å². The lowest BCUT2D eigenvalue weighted by atomic mass is 9.81. The van der Waals surface area contributed by atoms with Crippen LogP contribution >= 0.6 is 0 Å². The van der Waals surface area contributed by atoms with E-state index in [9.17, 15) is 32.3 Å². The molecule has 0 saturated heterocycles. The van der Waals surface area contributed by atoms with E-state index >= 15 is 0 Å². The number of nitrogens with zero attached hydrogens (tertiary/aromatic N) is 4. The van der Waals surface area contributed by atoms with E-state index in [0.717, 1.165) is 53.6 Å². The average Bonchev–Trinajstić information content (AvgIpc) is 3.77. The van der Waals surface area contributed by atoms with Crippen LogP contribution in [-0.4, -0.2) is 112 Å². The lowest BCUT2D eigenvalue weighted by Crippen LogP contribution is -2.48. The summed E-state index contributed by atoms with van der Waals surface area (Å²) in [7, 11) is 4.02. The zero-order chi connectivity index (χ0) is 46.3. The van der Waals surface area contributed by atoms with Crippen molar-refractivity contribution in [2.75, 3.05) is 39.0 Å². The number of hydrogen-bond donors (Lipinski definition) is 6. The lowest BCUT2D eigenvalue weighted by Gasteiger charge is -2.29. The maximum atomic E-state index is 13.8. The Bertz CT molecular complexity index is 2130. The van der Waals surface area contributed by atoms with Crippen molar-refractivity contribution < 1.29 is 47.0 Å². The first-order chi connectivity index (χ1) is 29.7. The maximum absolute atomic E-state index is 13.8. The fourth-order valence-corrected chi connectivity index (χ4v) is 6.77. The van der Waals surface area contributed by atoms with Gasteiger partial charge in [-0.05, 0) is 150 Å². The highest BCUT2D eigenvalue weighted by Crippen LogP contribution is 2.30. The molecule has 0 bridgehead atoms. The van der Waals surface area contributed by atoms with E-state index in [2.05, 4.69) is 46.8 Å². The molecule has 340 valence electrons. The molecule has 0 unspecified atom stereocenters. The van der Waals surface area contributed by atoms with E-state index in [0.29, 0.717) is 43.0 Å². The minimum Gasteiger partial charge on any atom is -0.475 e. The number of tetrazole rings is 1. The molecule has 5 rings (SSSR count). The summed E-state index contributed by atoms with van der Waals surface area (Å²) in [6.45, 7) is 9.48. The molecule has 0 spiro atoms. The second kappa shape index (κ2) is 22.6. The average molecular weight is 880 g/mol. The number of rotatable bonds is 15. The van der Waals surface area contributed by atoms with Crippen molar-refractivity contribution in [1.29, 1.82) is 0 Å². The first-order valence-electron chi connectivity index (χ1n) is 20.5. The number of alkyl halides is 3. The summed E-state index contributed by atoms with van der Waals surface area (Å²) in [6.07, 6.45) is -1.50. The number of hydrogen-bond acceptors (Lipinski definition) is 10. The van der Waals surface area contributed by atoms with Gasteiger partial charge in [-0.3, -0.25) is 14.4 Å². The molecule has 4 amide bonds. The molecular weight excluding hydrogens is 824 g/mol. The predicted octanol–water partition coefficient (Wildman–Crippen LogP) is 6.15. The van der Waals surface area contributed by atoms with E-state index in [4.69, 9.17) is 14.6 Å². The van der Waals surface area contributed by atoms with Gasteiger partial charge >= 0.3 is 18.2 Å². The highest BCUT2D eigenvalue weighted by molar-refractivity contribution is 5.98. The van der Waals surface area contributed by atoms with Gasteiger partial charge in [-0.25, -0.2) is 9.59 Å². The number of halogens is 3. The zero-order valence-corrected chi connectivity index (χ0v) is 36.3. The molecule has 63 heavy (non-hydrogen) atoms. The predicted molar refractivity (Wildman–Crippen MR) is 229 cm³/mol. The molecule has 1 aliphatic carbocycles. The molecule has 3 aromatic carbocycles. The summed E-state index contributed by atoms with van der Waals surface area (Å²) in [5, 5.41) is 33.0. The lowest BCUT2D eigenvalue weighted by molar-refractivity contribution is -0.192. The standard InChI is InChI=1S/C42H55N9O5.C2HF3O2/c1-27-24-33(38(52)43-22-7-23-51(5)6)18-21-35(27)30-12-8-28(9-13-30)25-36(40(54)45-34-19-16-31(17-20-34)37-47-49-50-48-37)46-39(53)32-14-10-29(11-15-32)26-44-41(55)56-42(2,3)4;3-2(4,5)1(6)7/h8-9,12-13,16-21,24,29,32,36H,7,10-11,14-15,22-23,25-26H2,1-6H3,(H,43,52)(H,44,55)(H,45,54)(H,46,53)(H,47,48,49,50);(H,6,7)/t29?,32?,36-;/m0./s1. The van der Waals surface area contributed by atoms with Gasteiger partial charge in [0.15, 0.2) is 0 Å². The van der Waals surface area contributed by atoms with Crippen molar-refractivity contribution in [1.82, 2.24) is 41.5 Å². The first-order valence-corrected chi connectivity index (χ1v) is 20.5. The summed E-state index contributed by atoms with van der Waals surface area (Å²) >= 11 is 0. The molecule has 4 aromatic rings. The molecule has 1 aliphatic rings. The number of carbonyl (C=O) groups excluding carboxylic acids is 4. The number of alkyl carbamates (subject to hydrolysis) is 1. The summed E-state index contributed by atoms with van der Waals surface area (Å²) in [5.74, 6) is -2.91. The number of H-pyrrole nitrogens is 1. The molecule has 1 atom stereocenters. The van der Waals surface area contributed by atoms with Gasteiger partial charge in [0.1, 0.15) is 11.6 Å². The molecule has 1 aromatic heterocycles. The van der Waals surface area contributed by atoms with E-state index in [1.54, 1.807) is 24.3 Å². The summed E-state index contributed by atoms with van der Waals surface area (Å²) in [5.41, 5.74) is 5.19. The molecule has 0 aliphatic heterocycles. The van der Waals surface area contributed by atoms with Crippen molar-refractivity contribution >= 4 is 35.5 Å². The highest BCUT2D eigenvalue weighted by Gasteiger charge is 2.38. The Morgan fingerprint density at radius 3 is 2.10 bits per heavy atom. The second-order valence-electron chi connectivity index (χ2n) is 16.6. The number of carbonyl (C=O) groups is 5. The van der Waals surface area contributed by atoms with E-state index in [-0.39, 0.29) is 36.0 Å². The van der Waals surface area contributed by atoms with Crippen LogP contribution in [0.5, 0.6) is 0 Å². The number of ether oxygens (including phenoxy) is 1. The van der Waals surface area contributed by atoms with Crippen molar-refractivity contribution in [3.63, 3.8) is 0 Å². The minimum atomic E-state index is -5.08. The summed E-state index contributed by atoms with van der Waals surface area (Å²) < 4.78 is 37.1. The molecule has 1 heterocycles. The quantitative estimate of drug-likeness (QED) is 0.0744. The number of amides is 4. The number of carboxylic acids is 1. The monoisotopic (exact) mass is 879 g/mol. The molecule has 1 saturated carbocycles. The third-order valence-electron chi connectivity index (χ3n) is 10.0. The second-order valence-corrected chi connectivity index (χ2v) is 16.6. The Morgan fingerprint density at radius 2 is 1.54 bits per heavy atom. The SMILES string of the molecule is Cc1cc(C(=O)NCCCN(C)C)ccc1-c1ccc(C[C@H](NC(=O)C2CCC(CNC(=O)OC(C)(C)C)CC2)C(=O)Nc2ccc(-c3nn[nH]n3)cc2)cc1.O=C(O)C(F)(F)F. The Balaban J connectivity index is 0.00000115. The number of carboxylic acid groups (broad SMARTS) is 1. The van der Waals surface area contributed by atoms with Crippen LogP contribution in [0.15, 0.2) is 66.7 Å². The highest BCUT2D eigenvalue weighted by atomic mass is 19.4. The molecule has 1 fully saturated rings. The van der Waals surface area contributed by atoms with Crippen LogP contribution in [0.4, 0.5) is 23.7 Å². The van der Waals surface area contributed by atoms with Gasteiger partial charge in [0.05, 0.1) is 0 Å². The number of anilines is 1. The third-order valence-corrected chi connectivity index (χ3v) is 10.0. The number of aromatic nitrogens is 4. The fourth-order valence-electron chi connectivity index (χ4n) is 6.77.